The molecule has 0 rings (SSSR count). The number of hydrogen-bond donors (Lipinski definition) is 0. The van der Waals surface area contributed by atoms with Gasteiger partial charge in [-0.15, -0.1) is 0 Å². The fraction of sp³-hybridized carbons (Fsp3) is 0.938. The van der Waals surface area contributed by atoms with E-state index in [9.17, 15) is 4.79 Å². The van der Waals surface area contributed by atoms with Crippen molar-refractivity contribution < 1.29 is 73.7 Å². The van der Waals surface area contributed by atoms with Gasteiger partial charge in [-0.3, -0.25) is 6.29 Å². The van der Waals surface area contributed by atoms with E-state index in [4.69, 9.17) is 0 Å². The van der Waals surface area contributed by atoms with Crippen LogP contribution in [0.3, 0.4) is 0 Å². The van der Waals surface area contributed by atoms with Crippen molar-refractivity contribution in [2.75, 3.05) is 0 Å². The molecule has 0 atom stereocenters. The molecule has 0 aromatic heterocycles. The number of rotatable bonds is 14. The first-order valence-electron chi connectivity index (χ1n) is 7.76. The van der Waals surface area contributed by atoms with Gasteiger partial charge in [0.25, 0.3) is 0 Å². The summed E-state index contributed by atoms with van der Waals surface area (Å²) in [5, 5.41) is 0. The summed E-state index contributed by atoms with van der Waals surface area (Å²) in [6.45, 7) is 2.27. The van der Waals surface area contributed by atoms with Crippen LogP contribution >= 0.6 is 0 Å². The van der Waals surface area contributed by atoms with Crippen LogP contribution in [0.1, 0.15) is 96.8 Å². The molecule has 0 spiro atoms. The Morgan fingerprint density at radius 2 is 0.944 bits per heavy atom. The van der Waals surface area contributed by atoms with Crippen LogP contribution in [0.5, 0.6) is 0 Å². The summed E-state index contributed by atoms with van der Waals surface area (Å²) in [5.41, 5.74) is 0. The molecule has 0 aromatic carbocycles. The average Bonchev–Trinajstić information content (AvgIpc) is 2.35. The van der Waals surface area contributed by atoms with E-state index in [0.717, 1.165) is 6.42 Å². The Kier molecular flexibility index (Phi) is 25.7. The fourth-order valence-electron chi connectivity index (χ4n) is 2.21. The SMILES string of the molecule is CCCCCCCCCCCCCCC[C-]=O.[Cs+]. The summed E-state index contributed by atoms with van der Waals surface area (Å²) in [4.78, 5) is 9.98. The quantitative estimate of drug-likeness (QED) is 0.338. The maximum atomic E-state index is 9.98. The minimum atomic E-state index is 0. The van der Waals surface area contributed by atoms with Gasteiger partial charge in [0.2, 0.25) is 0 Å². The Morgan fingerprint density at radius 3 is 1.28 bits per heavy atom. The molecular formula is C16H31CsO. The Hall–Kier alpha value is 1.72. The molecule has 0 aliphatic rings. The van der Waals surface area contributed by atoms with Crippen molar-refractivity contribution in [1.82, 2.24) is 0 Å². The van der Waals surface area contributed by atoms with Gasteiger partial charge in [-0.05, 0) is 0 Å². The molecule has 0 N–H and O–H groups in total. The number of hydrogen-bond acceptors (Lipinski definition) is 1. The second-order valence-electron chi connectivity index (χ2n) is 5.14. The third-order valence-electron chi connectivity index (χ3n) is 3.38. The molecule has 0 bridgehead atoms. The third kappa shape index (κ3) is 20.0. The second kappa shape index (κ2) is 21.0. The van der Waals surface area contributed by atoms with Crippen molar-refractivity contribution in [3.05, 3.63) is 0 Å². The van der Waals surface area contributed by atoms with Crippen LogP contribution in [0.25, 0.3) is 0 Å². The van der Waals surface area contributed by atoms with Crippen LogP contribution in [-0.4, -0.2) is 6.29 Å². The molecule has 1 nitrogen and oxygen atoms in total. The summed E-state index contributed by atoms with van der Waals surface area (Å²) in [6.07, 6.45) is 20.2. The Morgan fingerprint density at radius 1 is 0.611 bits per heavy atom. The van der Waals surface area contributed by atoms with Crippen LogP contribution in [0.2, 0.25) is 0 Å². The van der Waals surface area contributed by atoms with Gasteiger partial charge in [0.1, 0.15) is 0 Å². The van der Waals surface area contributed by atoms with Crippen molar-refractivity contribution in [3.8, 4) is 0 Å². The monoisotopic (exact) mass is 372 g/mol. The van der Waals surface area contributed by atoms with E-state index >= 15 is 0 Å². The molecule has 2 heteroatoms. The summed E-state index contributed by atoms with van der Waals surface area (Å²) in [7, 11) is 0. The number of unbranched alkanes of at least 4 members (excludes halogenated alkanes) is 13. The van der Waals surface area contributed by atoms with Crippen molar-refractivity contribution in [2.45, 2.75) is 96.8 Å². The van der Waals surface area contributed by atoms with Gasteiger partial charge >= 0.3 is 68.9 Å². The van der Waals surface area contributed by atoms with E-state index in [2.05, 4.69) is 6.92 Å². The van der Waals surface area contributed by atoms with Crippen molar-refractivity contribution >= 4 is 6.29 Å². The first-order valence-corrected chi connectivity index (χ1v) is 7.76. The molecule has 0 amide bonds. The van der Waals surface area contributed by atoms with Gasteiger partial charge < -0.3 is 4.79 Å². The van der Waals surface area contributed by atoms with Gasteiger partial charge in [-0.2, -0.15) is 6.42 Å². The first-order chi connectivity index (χ1) is 8.41. The van der Waals surface area contributed by atoms with E-state index < -0.39 is 0 Å². The molecule has 0 aliphatic heterocycles. The van der Waals surface area contributed by atoms with E-state index in [1.54, 1.807) is 0 Å². The average molecular weight is 372 g/mol. The van der Waals surface area contributed by atoms with Crippen LogP contribution in [0.4, 0.5) is 0 Å². The smallest absolute Gasteiger partial charge is 0.542 e. The fourth-order valence-corrected chi connectivity index (χ4v) is 2.21. The topological polar surface area (TPSA) is 17.1 Å². The molecular weight excluding hydrogens is 341 g/mol. The van der Waals surface area contributed by atoms with Gasteiger partial charge in [-0.1, -0.05) is 90.4 Å². The van der Waals surface area contributed by atoms with Gasteiger partial charge in [0, 0.05) is 0 Å². The molecule has 0 aromatic rings. The largest absolute Gasteiger partial charge is 1.00 e. The minimum absolute atomic E-state index is 0. The summed E-state index contributed by atoms with van der Waals surface area (Å²) < 4.78 is 0. The maximum Gasteiger partial charge on any atom is 1.00 e. The second-order valence-corrected chi connectivity index (χ2v) is 5.14. The molecule has 0 saturated heterocycles. The predicted molar refractivity (Wildman–Crippen MR) is 76.0 cm³/mol. The molecule has 102 valence electrons. The van der Waals surface area contributed by atoms with Crippen molar-refractivity contribution in [2.24, 2.45) is 0 Å². The predicted octanol–water partition coefficient (Wildman–Crippen LogP) is 2.58. The van der Waals surface area contributed by atoms with E-state index in [1.165, 1.54) is 77.0 Å². The third-order valence-corrected chi connectivity index (χ3v) is 3.38. The van der Waals surface area contributed by atoms with Gasteiger partial charge in [-0.25, -0.2) is 0 Å². The zero-order valence-electron chi connectivity index (χ0n) is 12.8. The van der Waals surface area contributed by atoms with Crippen LogP contribution in [0.15, 0.2) is 0 Å². The van der Waals surface area contributed by atoms with Gasteiger partial charge in [0.05, 0.1) is 0 Å². The van der Waals surface area contributed by atoms with E-state index in [-0.39, 0.29) is 68.9 Å². The van der Waals surface area contributed by atoms with Gasteiger partial charge in [0.15, 0.2) is 0 Å². The first kappa shape index (κ1) is 22.0. The molecule has 0 heterocycles. The molecule has 0 saturated carbocycles. The summed E-state index contributed by atoms with van der Waals surface area (Å²) >= 11 is 0. The minimum Gasteiger partial charge on any atom is -0.542 e. The Labute approximate surface area is 174 Å². The standard InChI is InChI=1S/C16H31O.Cs/c1-2-3-4-5-6-7-8-9-10-11-12-13-14-15-16-17;/h2-15H2,1H3;/q-1;+1. The van der Waals surface area contributed by atoms with Crippen LogP contribution < -0.4 is 68.9 Å². The van der Waals surface area contributed by atoms with Crippen LogP contribution in [-0.2, 0) is 4.79 Å². The molecule has 0 aliphatic carbocycles. The zero-order valence-corrected chi connectivity index (χ0v) is 19.1. The van der Waals surface area contributed by atoms with E-state index in [1.807, 2.05) is 6.29 Å². The zero-order chi connectivity index (χ0) is 12.6. The van der Waals surface area contributed by atoms with Crippen molar-refractivity contribution in [3.63, 3.8) is 0 Å². The Bertz CT molecular complexity index is 148. The maximum absolute atomic E-state index is 9.98. The molecule has 18 heavy (non-hydrogen) atoms. The molecule has 0 radical (unpaired) electrons. The molecule has 0 fully saturated rings. The summed E-state index contributed by atoms with van der Waals surface area (Å²) in [5.74, 6) is 0. The summed E-state index contributed by atoms with van der Waals surface area (Å²) in [6, 6.07) is 0. The van der Waals surface area contributed by atoms with E-state index in [0.29, 0.717) is 6.42 Å². The number of carbonyl (C=O) groups excluding carboxylic acids is 1. The van der Waals surface area contributed by atoms with Crippen molar-refractivity contribution in [1.29, 1.82) is 0 Å². The molecule has 0 unspecified atom stereocenters. The normalized spacial score (nSPS) is 10.1. The Balaban J connectivity index is 0. The van der Waals surface area contributed by atoms with Crippen LogP contribution in [0, 0.1) is 0 Å².